The minimum Gasteiger partial charge on any atom is -0.481 e. The van der Waals surface area contributed by atoms with Crippen LogP contribution < -0.4 is 5.32 Å². The maximum absolute atomic E-state index is 11.8. The smallest absolute Gasteiger partial charge is 0.303 e. The van der Waals surface area contributed by atoms with Gasteiger partial charge in [0.1, 0.15) is 0 Å². The molecule has 100 valence electrons. The van der Waals surface area contributed by atoms with Crippen molar-refractivity contribution in [2.45, 2.75) is 40.2 Å². The number of nitrogens with one attached hydrogen (secondary N) is 1. The molecule has 1 rings (SSSR count). The standard InChI is InChI=1S/C12H19N3O3/c1-4-15-6-5-9(14-15)13-10(16)7-12(2,3)8-11(17)18/h5-6H,4,7-8H2,1-3H3,(H,17,18)(H,13,14,16). The maximum atomic E-state index is 11.8. The average Bonchev–Trinajstić information content (AvgIpc) is 2.61. The first-order chi connectivity index (χ1) is 8.32. The summed E-state index contributed by atoms with van der Waals surface area (Å²) in [5.74, 6) is -0.626. The van der Waals surface area contributed by atoms with Crippen LogP contribution in [0.2, 0.25) is 0 Å². The van der Waals surface area contributed by atoms with Crippen LogP contribution in [0, 0.1) is 5.41 Å². The second-order valence-electron chi connectivity index (χ2n) is 5.02. The molecule has 1 aromatic rings. The van der Waals surface area contributed by atoms with Gasteiger partial charge in [0.15, 0.2) is 5.82 Å². The molecule has 0 bridgehead atoms. The number of rotatable bonds is 6. The van der Waals surface area contributed by atoms with Crippen molar-refractivity contribution in [3.05, 3.63) is 12.3 Å². The van der Waals surface area contributed by atoms with Crippen LogP contribution in [0.1, 0.15) is 33.6 Å². The van der Waals surface area contributed by atoms with Gasteiger partial charge in [-0.05, 0) is 12.3 Å². The van der Waals surface area contributed by atoms with Crippen molar-refractivity contribution < 1.29 is 14.7 Å². The third-order valence-corrected chi connectivity index (χ3v) is 2.50. The van der Waals surface area contributed by atoms with Gasteiger partial charge in [-0.3, -0.25) is 14.3 Å². The fraction of sp³-hybridized carbons (Fsp3) is 0.583. The highest BCUT2D eigenvalue weighted by Gasteiger charge is 2.25. The first kappa shape index (κ1) is 14.2. The van der Waals surface area contributed by atoms with E-state index in [0.717, 1.165) is 6.54 Å². The molecule has 0 aliphatic heterocycles. The van der Waals surface area contributed by atoms with Crippen molar-refractivity contribution in [1.82, 2.24) is 9.78 Å². The van der Waals surface area contributed by atoms with E-state index < -0.39 is 11.4 Å². The Kier molecular flexibility index (Phi) is 4.47. The number of hydrogen-bond acceptors (Lipinski definition) is 3. The Labute approximate surface area is 106 Å². The van der Waals surface area contributed by atoms with E-state index in [2.05, 4.69) is 10.4 Å². The van der Waals surface area contributed by atoms with Crippen molar-refractivity contribution in [2.24, 2.45) is 5.41 Å². The van der Waals surface area contributed by atoms with Crippen molar-refractivity contribution in [3.8, 4) is 0 Å². The van der Waals surface area contributed by atoms with E-state index in [1.807, 2.05) is 6.92 Å². The normalized spacial score (nSPS) is 11.3. The van der Waals surface area contributed by atoms with Gasteiger partial charge in [-0.15, -0.1) is 0 Å². The number of anilines is 1. The number of hydrogen-bond donors (Lipinski definition) is 2. The molecule has 0 saturated heterocycles. The molecule has 0 unspecified atom stereocenters. The molecule has 0 aromatic carbocycles. The Bertz CT molecular complexity index is 438. The van der Waals surface area contributed by atoms with Crippen LogP contribution in [0.15, 0.2) is 12.3 Å². The highest BCUT2D eigenvalue weighted by Crippen LogP contribution is 2.25. The van der Waals surface area contributed by atoms with Crippen LogP contribution in [0.5, 0.6) is 0 Å². The third kappa shape index (κ3) is 4.57. The van der Waals surface area contributed by atoms with Crippen LogP contribution in [-0.2, 0) is 16.1 Å². The summed E-state index contributed by atoms with van der Waals surface area (Å²) in [7, 11) is 0. The van der Waals surface area contributed by atoms with Crippen LogP contribution in [-0.4, -0.2) is 26.8 Å². The molecule has 1 aromatic heterocycles. The number of carboxylic acids is 1. The molecule has 6 heteroatoms. The van der Waals surface area contributed by atoms with Crippen molar-refractivity contribution in [1.29, 1.82) is 0 Å². The molecular weight excluding hydrogens is 234 g/mol. The van der Waals surface area contributed by atoms with Crippen molar-refractivity contribution in [3.63, 3.8) is 0 Å². The molecule has 0 radical (unpaired) electrons. The van der Waals surface area contributed by atoms with Gasteiger partial charge < -0.3 is 10.4 Å². The SMILES string of the molecule is CCn1ccc(NC(=O)CC(C)(C)CC(=O)O)n1. The fourth-order valence-corrected chi connectivity index (χ4v) is 1.70. The van der Waals surface area contributed by atoms with Crippen LogP contribution >= 0.6 is 0 Å². The average molecular weight is 253 g/mol. The molecule has 0 fully saturated rings. The van der Waals surface area contributed by atoms with Crippen LogP contribution in [0.25, 0.3) is 0 Å². The maximum Gasteiger partial charge on any atom is 0.303 e. The van der Waals surface area contributed by atoms with E-state index in [4.69, 9.17) is 5.11 Å². The Hall–Kier alpha value is -1.85. The van der Waals surface area contributed by atoms with Gasteiger partial charge in [0.2, 0.25) is 5.91 Å². The molecule has 18 heavy (non-hydrogen) atoms. The molecule has 2 N–H and O–H groups in total. The molecule has 6 nitrogen and oxygen atoms in total. The lowest BCUT2D eigenvalue weighted by Gasteiger charge is -2.20. The zero-order chi connectivity index (χ0) is 13.8. The van der Waals surface area contributed by atoms with Gasteiger partial charge in [0.25, 0.3) is 0 Å². The number of aryl methyl sites for hydroxylation is 1. The monoisotopic (exact) mass is 253 g/mol. The zero-order valence-electron chi connectivity index (χ0n) is 10.9. The van der Waals surface area contributed by atoms with Crippen molar-refractivity contribution in [2.75, 3.05) is 5.32 Å². The number of carboxylic acid groups (broad SMARTS) is 1. The van der Waals surface area contributed by atoms with Gasteiger partial charge in [0.05, 0.1) is 6.42 Å². The molecule has 0 aliphatic rings. The fourth-order valence-electron chi connectivity index (χ4n) is 1.70. The summed E-state index contributed by atoms with van der Waals surface area (Å²) < 4.78 is 1.71. The summed E-state index contributed by atoms with van der Waals surface area (Å²) in [6.07, 6.45) is 1.89. The van der Waals surface area contributed by atoms with Gasteiger partial charge >= 0.3 is 5.97 Å². The summed E-state index contributed by atoms with van der Waals surface area (Å²) in [5.41, 5.74) is -0.566. The first-order valence-corrected chi connectivity index (χ1v) is 5.87. The predicted molar refractivity (Wildman–Crippen MR) is 67.2 cm³/mol. The van der Waals surface area contributed by atoms with E-state index in [1.54, 1.807) is 30.8 Å². The Morgan fingerprint density at radius 3 is 2.61 bits per heavy atom. The summed E-state index contributed by atoms with van der Waals surface area (Å²) >= 11 is 0. The molecule has 0 atom stereocenters. The minimum atomic E-state index is -0.900. The lowest BCUT2D eigenvalue weighted by Crippen LogP contribution is -2.25. The third-order valence-electron chi connectivity index (χ3n) is 2.50. The molecular formula is C12H19N3O3. The van der Waals surface area contributed by atoms with E-state index >= 15 is 0 Å². The molecule has 0 aliphatic carbocycles. The summed E-state index contributed by atoms with van der Waals surface area (Å²) in [6.45, 7) is 6.20. The quantitative estimate of drug-likeness (QED) is 0.808. The number of aliphatic carboxylic acids is 1. The Morgan fingerprint density at radius 1 is 1.44 bits per heavy atom. The highest BCUT2D eigenvalue weighted by atomic mass is 16.4. The van der Waals surface area contributed by atoms with Crippen molar-refractivity contribution >= 4 is 17.7 Å². The first-order valence-electron chi connectivity index (χ1n) is 5.87. The molecule has 0 spiro atoms. The highest BCUT2D eigenvalue weighted by molar-refractivity contribution is 5.90. The number of carbonyl (C=O) groups is 2. The summed E-state index contributed by atoms with van der Waals surface area (Å²) in [6, 6.07) is 1.71. The second-order valence-corrected chi connectivity index (χ2v) is 5.02. The molecule has 1 amide bonds. The predicted octanol–water partition coefficient (Wildman–Crippen LogP) is 1.73. The van der Waals surface area contributed by atoms with E-state index in [0.29, 0.717) is 5.82 Å². The Morgan fingerprint density at radius 2 is 2.11 bits per heavy atom. The van der Waals surface area contributed by atoms with E-state index in [-0.39, 0.29) is 18.7 Å². The molecule has 0 saturated carbocycles. The lowest BCUT2D eigenvalue weighted by atomic mass is 9.85. The number of nitrogens with zero attached hydrogens (tertiary/aromatic N) is 2. The topological polar surface area (TPSA) is 84.2 Å². The van der Waals surface area contributed by atoms with Crippen LogP contribution in [0.3, 0.4) is 0 Å². The second kappa shape index (κ2) is 5.66. The number of amides is 1. The zero-order valence-corrected chi connectivity index (χ0v) is 10.9. The number of aromatic nitrogens is 2. The van der Waals surface area contributed by atoms with Gasteiger partial charge in [-0.1, -0.05) is 13.8 Å². The lowest BCUT2D eigenvalue weighted by molar-refractivity contribution is -0.139. The van der Waals surface area contributed by atoms with E-state index in [1.165, 1.54) is 0 Å². The summed E-state index contributed by atoms with van der Waals surface area (Å²) in [5, 5.41) is 15.5. The minimum absolute atomic E-state index is 0.0379. The van der Waals surface area contributed by atoms with Gasteiger partial charge in [-0.2, -0.15) is 5.10 Å². The van der Waals surface area contributed by atoms with Crippen LogP contribution in [0.4, 0.5) is 5.82 Å². The van der Waals surface area contributed by atoms with E-state index in [9.17, 15) is 9.59 Å². The number of carbonyl (C=O) groups excluding carboxylic acids is 1. The largest absolute Gasteiger partial charge is 0.481 e. The summed E-state index contributed by atoms with van der Waals surface area (Å²) in [4.78, 5) is 22.4. The van der Waals surface area contributed by atoms with Gasteiger partial charge in [-0.25, -0.2) is 0 Å². The molecule has 1 heterocycles. The van der Waals surface area contributed by atoms with Gasteiger partial charge in [0, 0.05) is 25.2 Å². The Balaban J connectivity index is 2.53.